The van der Waals surface area contributed by atoms with Gasteiger partial charge in [0.05, 0.1) is 0 Å². The van der Waals surface area contributed by atoms with Crippen molar-refractivity contribution in [1.29, 1.82) is 0 Å². The van der Waals surface area contributed by atoms with Crippen LogP contribution in [0, 0.1) is 28.4 Å². The first kappa shape index (κ1) is 46.3. The van der Waals surface area contributed by atoms with Gasteiger partial charge in [-0.1, -0.05) is 72.0 Å². The van der Waals surface area contributed by atoms with Crippen LogP contribution in [0.4, 0.5) is 0 Å². The standard InChI is InChI=1S/C20H30.C10H15.C5H5.4ClH.2Zr/c1-11-13(3)17(19(7,8)15(11)5)18-14(4)12(2)16(6)20(18,9)10;1-7-6-10(4,5)9(3)8(7)2;1-2-4-5-3-1;;;;;;/h1-10H3;1-5H3;1-3H,4H2;4*1H;;/q;2*-1;;;;;+2;+3/p-4. The molecule has 6 heteroatoms. The second kappa shape index (κ2) is 18.7. The Kier molecular flexibility index (Phi) is 21.1. The van der Waals surface area contributed by atoms with Crippen molar-refractivity contribution in [3.05, 3.63) is 91.7 Å². The van der Waals surface area contributed by atoms with Crippen molar-refractivity contribution in [2.45, 2.75) is 110 Å². The maximum absolute atomic E-state index is 4.93. The minimum atomic E-state index is -0.826. The van der Waals surface area contributed by atoms with E-state index in [9.17, 15) is 0 Å². The van der Waals surface area contributed by atoms with E-state index in [0.29, 0.717) is 0 Å². The molecule has 0 aromatic heterocycles. The summed E-state index contributed by atoms with van der Waals surface area (Å²) in [7, 11) is 9.87. The Hall–Kier alpha value is 0.846. The third-order valence-corrected chi connectivity index (χ3v) is 9.52. The minimum Gasteiger partial charge on any atom is 3.00 e. The van der Waals surface area contributed by atoms with Crippen LogP contribution in [0.3, 0.4) is 0 Å². The van der Waals surface area contributed by atoms with Gasteiger partial charge in [0.1, 0.15) is 0 Å². The summed E-state index contributed by atoms with van der Waals surface area (Å²) in [4.78, 5) is 0. The molecular formula is C35H50Cl4Zr2-. The van der Waals surface area contributed by atoms with Crippen LogP contribution in [0.1, 0.15) is 110 Å². The third-order valence-electron chi connectivity index (χ3n) is 9.52. The van der Waals surface area contributed by atoms with Crippen molar-refractivity contribution in [3.8, 4) is 0 Å². The van der Waals surface area contributed by atoms with Crippen molar-refractivity contribution < 1.29 is 71.9 Å². The van der Waals surface area contributed by atoms with Gasteiger partial charge in [-0.25, -0.2) is 17.7 Å². The molecule has 4 rings (SSSR count). The fourth-order valence-electron chi connectivity index (χ4n) is 5.93. The van der Waals surface area contributed by atoms with Crippen LogP contribution < -0.4 is 24.8 Å². The first-order valence-corrected chi connectivity index (χ1v) is 19.9. The molecule has 0 fully saturated rings. The summed E-state index contributed by atoms with van der Waals surface area (Å²) in [5, 5.41) is 0. The molecule has 227 valence electrons. The number of allylic oxidation sites excluding steroid dienone is 16. The SMILES string of the molecule is CC1=C(C)C(C)(C)C(C2=C(C)C(C)=C(C)C2(C)C)=C1C.CC1=[C-]C(C)(C)C(C)=C1C.[C-]1=CC=CC1.[Cl-].[Cl-].[Cl][Zr][Cl].[Zr+3]. The van der Waals surface area contributed by atoms with Gasteiger partial charge >= 0.3 is 64.1 Å². The van der Waals surface area contributed by atoms with Crippen LogP contribution in [0.15, 0.2) is 79.5 Å². The van der Waals surface area contributed by atoms with Gasteiger partial charge in [-0.3, -0.25) is 12.2 Å². The number of halogens is 4. The van der Waals surface area contributed by atoms with E-state index >= 15 is 0 Å². The van der Waals surface area contributed by atoms with Crippen LogP contribution >= 0.6 is 17.0 Å². The molecule has 1 radical (unpaired) electrons. The fourth-order valence-corrected chi connectivity index (χ4v) is 5.93. The monoisotopic (exact) mass is 790 g/mol. The molecule has 0 aromatic carbocycles. The van der Waals surface area contributed by atoms with Crippen molar-refractivity contribution in [1.82, 2.24) is 0 Å². The summed E-state index contributed by atoms with van der Waals surface area (Å²) in [6.45, 7) is 34.2. The molecule has 0 aromatic rings. The Morgan fingerprint density at radius 1 is 0.634 bits per heavy atom. The van der Waals surface area contributed by atoms with Gasteiger partial charge in [-0.2, -0.15) is 17.2 Å². The molecule has 0 saturated carbocycles. The van der Waals surface area contributed by atoms with E-state index in [0.717, 1.165) is 6.42 Å². The van der Waals surface area contributed by atoms with Crippen LogP contribution in [0.25, 0.3) is 0 Å². The Balaban J connectivity index is -0.000000575. The first-order chi connectivity index (χ1) is 17.3. The van der Waals surface area contributed by atoms with Gasteiger partial charge in [0.15, 0.2) is 0 Å². The molecule has 0 N–H and O–H groups in total. The molecule has 4 aliphatic carbocycles. The zero-order valence-corrected chi connectivity index (χ0v) is 35.9. The second-order valence-corrected chi connectivity index (χ2v) is 16.2. The van der Waals surface area contributed by atoms with Crippen molar-refractivity contribution in [3.63, 3.8) is 0 Å². The zero-order valence-electron chi connectivity index (χ0n) is 28.0. The summed E-state index contributed by atoms with van der Waals surface area (Å²) >= 11 is -0.826. The summed E-state index contributed by atoms with van der Waals surface area (Å²) in [6, 6.07) is 0. The van der Waals surface area contributed by atoms with Gasteiger partial charge in [-0.15, -0.1) is 13.3 Å². The Labute approximate surface area is 304 Å². The molecule has 0 nitrogen and oxygen atoms in total. The van der Waals surface area contributed by atoms with E-state index in [2.05, 4.69) is 122 Å². The van der Waals surface area contributed by atoms with E-state index < -0.39 is 20.8 Å². The molecule has 41 heavy (non-hydrogen) atoms. The Morgan fingerprint density at radius 2 is 1.00 bits per heavy atom. The van der Waals surface area contributed by atoms with Gasteiger partial charge in [-0.05, 0) is 75.0 Å². The van der Waals surface area contributed by atoms with Crippen molar-refractivity contribution in [2.24, 2.45) is 16.2 Å². The molecule has 0 spiro atoms. The molecule has 0 saturated heterocycles. The van der Waals surface area contributed by atoms with Crippen LogP contribution in [-0.4, -0.2) is 0 Å². The minimum absolute atomic E-state index is 0. The van der Waals surface area contributed by atoms with Gasteiger partial charge in [0.2, 0.25) is 0 Å². The van der Waals surface area contributed by atoms with E-state index in [-0.39, 0.29) is 67.3 Å². The van der Waals surface area contributed by atoms with Gasteiger partial charge in [0.25, 0.3) is 0 Å². The van der Waals surface area contributed by atoms with Crippen LogP contribution in [0.2, 0.25) is 0 Å². The normalized spacial score (nSPS) is 20.7. The molecule has 0 bridgehead atoms. The van der Waals surface area contributed by atoms with Crippen LogP contribution in [0.5, 0.6) is 0 Å². The Morgan fingerprint density at radius 3 is 1.12 bits per heavy atom. The average Bonchev–Trinajstić information content (AvgIpc) is 3.54. The molecular weight excluding hydrogens is 745 g/mol. The maximum atomic E-state index is 4.93. The van der Waals surface area contributed by atoms with E-state index in [4.69, 9.17) is 17.0 Å². The van der Waals surface area contributed by atoms with Gasteiger partial charge < -0.3 is 24.8 Å². The fraction of sp³-hybridized carbons (Fsp3) is 0.543. The Bertz CT molecular complexity index is 1110. The molecule has 0 amide bonds. The van der Waals surface area contributed by atoms with E-state index in [1.54, 1.807) is 11.1 Å². The van der Waals surface area contributed by atoms with Crippen molar-refractivity contribution >= 4 is 17.0 Å². The topological polar surface area (TPSA) is 0 Å². The molecule has 0 aliphatic heterocycles. The second-order valence-electron chi connectivity index (χ2n) is 12.4. The summed E-state index contributed by atoms with van der Waals surface area (Å²) in [5.74, 6) is 0. The largest absolute Gasteiger partial charge is 3.00 e. The quantitative estimate of drug-likeness (QED) is 0.279. The number of rotatable bonds is 1. The predicted octanol–water partition coefficient (Wildman–Crippen LogP) is 6.17. The summed E-state index contributed by atoms with van der Waals surface area (Å²) < 4.78 is 0. The van der Waals surface area contributed by atoms with E-state index in [1.165, 1.54) is 50.2 Å². The number of hydrogen-bond acceptors (Lipinski definition) is 0. The predicted molar refractivity (Wildman–Crippen MR) is 168 cm³/mol. The van der Waals surface area contributed by atoms with Crippen molar-refractivity contribution in [2.75, 3.05) is 0 Å². The third kappa shape index (κ3) is 10.4. The first-order valence-electron chi connectivity index (χ1n) is 13.6. The summed E-state index contributed by atoms with van der Waals surface area (Å²) in [5.41, 5.74) is 16.9. The van der Waals surface area contributed by atoms with Crippen LogP contribution in [-0.2, 0) is 47.1 Å². The molecule has 0 heterocycles. The zero-order chi connectivity index (χ0) is 29.8. The summed E-state index contributed by atoms with van der Waals surface area (Å²) in [6.07, 6.45) is 13.4. The average molecular weight is 795 g/mol. The molecule has 0 atom stereocenters. The van der Waals surface area contributed by atoms with E-state index in [1.807, 2.05) is 12.2 Å². The van der Waals surface area contributed by atoms with Gasteiger partial charge in [0, 0.05) is 10.8 Å². The molecule has 4 aliphatic rings. The maximum Gasteiger partial charge on any atom is 3.00 e. The molecule has 0 unspecified atom stereocenters. The smallest absolute Gasteiger partial charge is 3.00 e. The number of hydrogen-bond donors (Lipinski definition) is 0.